The molecule has 2 aliphatic heterocycles. The van der Waals surface area contributed by atoms with E-state index in [0.717, 1.165) is 44.6 Å². The molecule has 154 valence electrons. The summed E-state index contributed by atoms with van der Waals surface area (Å²) in [6.07, 6.45) is 4.03. The lowest BCUT2D eigenvalue weighted by Gasteiger charge is -2.40. The van der Waals surface area contributed by atoms with Crippen molar-refractivity contribution < 1.29 is 24.9 Å². The lowest BCUT2D eigenvalue weighted by molar-refractivity contribution is -0.122. The molecule has 28 heavy (non-hydrogen) atoms. The van der Waals surface area contributed by atoms with Crippen molar-refractivity contribution in [1.82, 2.24) is 9.80 Å². The molecule has 4 rings (SSSR count). The van der Waals surface area contributed by atoms with Gasteiger partial charge in [0.15, 0.2) is 0 Å². The van der Waals surface area contributed by atoms with E-state index in [2.05, 4.69) is 4.90 Å². The Hall–Kier alpha value is -2.12. The molecule has 0 unspecified atom stereocenters. The Balaban J connectivity index is 0.000000706. The number of carboxylic acid groups (broad SMARTS) is 1. The maximum atomic E-state index is 12.9. The van der Waals surface area contributed by atoms with Gasteiger partial charge >= 0.3 is 0 Å². The summed E-state index contributed by atoms with van der Waals surface area (Å²) in [6.45, 7) is 5.36. The fourth-order valence-corrected chi connectivity index (χ4v) is 5.10. The fourth-order valence-electron chi connectivity index (χ4n) is 5.10. The van der Waals surface area contributed by atoms with Gasteiger partial charge in [0.25, 0.3) is 12.4 Å². The van der Waals surface area contributed by atoms with Gasteiger partial charge < -0.3 is 20.2 Å². The van der Waals surface area contributed by atoms with Crippen molar-refractivity contribution in [2.24, 2.45) is 11.8 Å². The summed E-state index contributed by atoms with van der Waals surface area (Å²) in [7, 11) is 0. The number of aliphatic hydroxyl groups is 1. The third kappa shape index (κ3) is 4.31. The number of aryl methyl sites for hydroxylation is 1. The third-order valence-corrected chi connectivity index (χ3v) is 6.45. The van der Waals surface area contributed by atoms with Crippen LogP contribution in [0.5, 0.6) is 5.75 Å². The molecule has 3 N–H and O–H groups in total. The summed E-state index contributed by atoms with van der Waals surface area (Å²) in [5, 5.41) is 27.1. The van der Waals surface area contributed by atoms with E-state index in [1.165, 1.54) is 12.8 Å². The summed E-state index contributed by atoms with van der Waals surface area (Å²) >= 11 is 0. The first-order chi connectivity index (χ1) is 13.4. The maximum absolute atomic E-state index is 12.9. The summed E-state index contributed by atoms with van der Waals surface area (Å²) in [5.41, 5.74) is 1.49. The first kappa shape index (κ1) is 20.6. The van der Waals surface area contributed by atoms with E-state index in [1.54, 1.807) is 18.2 Å². The number of phenols is 1. The molecular weight excluding hydrogens is 360 g/mol. The summed E-state index contributed by atoms with van der Waals surface area (Å²) < 4.78 is 0. The minimum atomic E-state index is -0.259. The second kappa shape index (κ2) is 8.92. The molecule has 1 aromatic carbocycles. The number of benzene rings is 1. The van der Waals surface area contributed by atoms with Crippen molar-refractivity contribution >= 4 is 12.4 Å². The molecule has 7 nitrogen and oxygen atoms in total. The molecule has 0 aromatic heterocycles. The van der Waals surface area contributed by atoms with Crippen LogP contribution in [0.4, 0.5) is 0 Å². The average molecular weight is 390 g/mol. The number of carbonyl (C=O) groups is 2. The lowest BCUT2D eigenvalue weighted by atomic mass is 9.77. The van der Waals surface area contributed by atoms with Crippen LogP contribution >= 0.6 is 0 Å². The zero-order valence-corrected chi connectivity index (χ0v) is 16.3. The van der Waals surface area contributed by atoms with Crippen LogP contribution in [0.15, 0.2) is 18.2 Å². The molecule has 1 aromatic rings. The standard InChI is InChI=1S/C20H28N2O3.CH2O2/c1-13-8-16(23)4-5-17(13)20(25)22-11-14-9-18(21-6-2-3-7-21)19(24)10-15(14)12-22;2-1-3/h4-5,8,14-15,18-19,23-24H,2-3,6-7,9-12H2,1H3;1H,(H,2,3)/t14-,15+,18-,19-;/m1./s1. The van der Waals surface area contributed by atoms with Crippen molar-refractivity contribution in [3.05, 3.63) is 29.3 Å². The van der Waals surface area contributed by atoms with E-state index in [-0.39, 0.29) is 30.3 Å². The van der Waals surface area contributed by atoms with Gasteiger partial charge in [0.1, 0.15) is 5.75 Å². The normalized spacial score (nSPS) is 29.7. The van der Waals surface area contributed by atoms with Crippen molar-refractivity contribution in [2.75, 3.05) is 26.2 Å². The van der Waals surface area contributed by atoms with E-state index < -0.39 is 0 Å². The van der Waals surface area contributed by atoms with Gasteiger partial charge in [0, 0.05) is 24.7 Å². The van der Waals surface area contributed by atoms with Gasteiger partial charge in [-0.2, -0.15) is 0 Å². The predicted octanol–water partition coefficient (Wildman–Crippen LogP) is 1.71. The molecule has 1 amide bonds. The van der Waals surface area contributed by atoms with Crippen molar-refractivity contribution in [3.63, 3.8) is 0 Å². The zero-order chi connectivity index (χ0) is 20.3. The van der Waals surface area contributed by atoms with Gasteiger partial charge in [-0.25, -0.2) is 0 Å². The second-order valence-electron chi connectivity index (χ2n) is 8.18. The number of rotatable bonds is 2. The van der Waals surface area contributed by atoms with Gasteiger partial charge in [-0.1, -0.05) is 0 Å². The van der Waals surface area contributed by atoms with Crippen LogP contribution in [-0.4, -0.2) is 75.8 Å². The molecule has 0 bridgehead atoms. The molecule has 4 atom stereocenters. The number of aromatic hydroxyl groups is 1. The van der Waals surface area contributed by atoms with Gasteiger partial charge in [0.05, 0.1) is 6.10 Å². The Labute approximate surface area is 165 Å². The Morgan fingerprint density at radius 2 is 1.75 bits per heavy atom. The van der Waals surface area contributed by atoms with Crippen LogP contribution in [0.25, 0.3) is 0 Å². The highest BCUT2D eigenvalue weighted by molar-refractivity contribution is 5.96. The van der Waals surface area contributed by atoms with E-state index in [4.69, 9.17) is 9.90 Å². The molecule has 1 aliphatic carbocycles. The Morgan fingerprint density at radius 3 is 2.36 bits per heavy atom. The van der Waals surface area contributed by atoms with Gasteiger partial charge in [-0.15, -0.1) is 0 Å². The minimum absolute atomic E-state index is 0.0547. The number of nitrogens with zero attached hydrogens (tertiary/aromatic N) is 2. The average Bonchev–Trinajstić information content (AvgIpc) is 3.30. The highest BCUT2D eigenvalue weighted by Crippen LogP contribution is 2.39. The molecule has 0 radical (unpaired) electrons. The molecular formula is C21H30N2O5. The lowest BCUT2D eigenvalue weighted by Crippen LogP contribution is -2.48. The SMILES string of the molecule is Cc1cc(O)ccc1C(=O)N1C[C@H]2C[C@@H](N3CCCC3)[C@H](O)C[C@H]2C1.O=CO. The van der Waals surface area contributed by atoms with Gasteiger partial charge in [0.2, 0.25) is 0 Å². The largest absolute Gasteiger partial charge is 0.508 e. The van der Waals surface area contributed by atoms with Crippen LogP contribution in [-0.2, 0) is 4.79 Å². The monoisotopic (exact) mass is 390 g/mol. The quantitative estimate of drug-likeness (QED) is 0.665. The third-order valence-electron chi connectivity index (χ3n) is 6.45. The second-order valence-corrected chi connectivity index (χ2v) is 8.18. The molecule has 1 saturated carbocycles. The minimum Gasteiger partial charge on any atom is -0.508 e. The fraction of sp³-hybridized carbons (Fsp3) is 0.619. The number of carbonyl (C=O) groups excluding carboxylic acids is 1. The highest BCUT2D eigenvalue weighted by atomic mass is 16.3. The van der Waals surface area contributed by atoms with Crippen molar-refractivity contribution in [2.45, 2.75) is 44.8 Å². The molecule has 2 saturated heterocycles. The predicted molar refractivity (Wildman–Crippen MR) is 104 cm³/mol. The molecule has 3 aliphatic rings. The van der Waals surface area contributed by atoms with Crippen LogP contribution in [0.1, 0.15) is 41.6 Å². The van der Waals surface area contributed by atoms with Crippen molar-refractivity contribution in [1.29, 1.82) is 0 Å². The number of likely N-dealkylation sites (tertiary alicyclic amines) is 2. The van der Waals surface area contributed by atoms with Gasteiger partial charge in [-0.3, -0.25) is 14.5 Å². The molecule has 3 fully saturated rings. The highest BCUT2D eigenvalue weighted by Gasteiger charge is 2.45. The van der Waals surface area contributed by atoms with Crippen molar-refractivity contribution in [3.8, 4) is 5.75 Å². The number of hydrogen-bond acceptors (Lipinski definition) is 5. The Bertz CT molecular complexity index is 704. The van der Waals surface area contributed by atoms with E-state index >= 15 is 0 Å². The van der Waals surface area contributed by atoms with Crippen LogP contribution < -0.4 is 0 Å². The van der Waals surface area contributed by atoms with Crippen LogP contribution in [0.3, 0.4) is 0 Å². The van der Waals surface area contributed by atoms with Crippen LogP contribution in [0.2, 0.25) is 0 Å². The number of hydrogen-bond donors (Lipinski definition) is 3. The summed E-state index contributed by atoms with van der Waals surface area (Å²) in [6, 6.07) is 5.21. The van der Waals surface area contributed by atoms with E-state index in [9.17, 15) is 15.0 Å². The van der Waals surface area contributed by atoms with Crippen LogP contribution in [0, 0.1) is 18.8 Å². The molecule has 7 heteroatoms. The summed E-state index contributed by atoms with van der Waals surface area (Å²) in [4.78, 5) is 25.7. The smallest absolute Gasteiger partial charge is 0.290 e. The molecule has 0 spiro atoms. The zero-order valence-electron chi connectivity index (χ0n) is 16.3. The number of amides is 1. The Morgan fingerprint density at radius 1 is 1.14 bits per heavy atom. The maximum Gasteiger partial charge on any atom is 0.290 e. The molecule has 2 heterocycles. The number of fused-ring (bicyclic) bond motifs is 1. The van der Waals surface area contributed by atoms with E-state index in [1.807, 2.05) is 11.8 Å². The number of aliphatic hydroxyl groups excluding tert-OH is 1. The first-order valence-corrected chi connectivity index (χ1v) is 10.0. The summed E-state index contributed by atoms with van der Waals surface area (Å²) in [5.74, 6) is 1.16. The Kier molecular flexibility index (Phi) is 6.57. The first-order valence-electron chi connectivity index (χ1n) is 10.0. The topological polar surface area (TPSA) is 101 Å². The van der Waals surface area contributed by atoms with E-state index in [0.29, 0.717) is 17.4 Å². The van der Waals surface area contributed by atoms with Gasteiger partial charge in [-0.05, 0) is 81.3 Å². The number of phenolic OH excluding ortho intramolecular Hbond substituents is 1.